The number of benzene rings is 1. The van der Waals surface area contributed by atoms with Gasteiger partial charge in [-0.05, 0) is 50.0 Å². The molecule has 2 aromatic heterocycles. The van der Waals surface area contributed by atoms with Crippen LogP contribution in [0.25, 0.3) is 5.65 Å². The minimum Gasteiger partial charge on any atom is -0.448 e. The lowest BCUT2D eigenvalue weighted by Gasteiger charge is -2.24. The molecule has 0 atom stereocenters. The standard InChI is InChI=1S/C19H19N5O2/c1-12-10-20-13(2)19-21-17(22-23(12)19)8-6-14-4-3-5-16-15(14)7-9-18-24(16)26-11-25-18/h3-5,9-10H,6-8,11H2,1-2H3. The maximum Gasteiger partial charge on any atom is 0.217 e. The van der Waals surface area contributed by atoms with E-state index in [1.165, 1.54) is 11.1 Å². The Bertz CT molecular complexity index is 1000. The molecule has 7 heteroatoms. The molecule has 2 aliphatic rings. The molecule has 3 aromatic rings. The second kappa shape index (κ2) is 5.81. The predicted octanol–water partition coefficient (Wildman–Crippen LogP) is 2.65. The molecule has 1 fully saturated rings. The van der Waals surface area contributed by atoms with Crippen molar-refractivity contribution in [2.75, 3.05) is 11.9 Å². The van der Waals surface area contributed by atoms with Gasteiger partial charge in [0, 0.05) is 12.6 Å². The van der Waals surface area contributed by atoms with Crippen molar-refractivity contribution >= 4 is 11.3 Å². The molecule has 5 rings (SSSR count). The number of hydrogen-bond donors (Lipinski definition) is 0. The van der Waals surface area contributed by atoms with Crippen LogP contribution in [0.5, 0.6) is 0 Å². The molecular formula is C19H19N5O2. The van der Waals surface area contributed by atoms with Crippen molar-refractivity contribution in [3.63, 3.8) is 0 Å². The third kappa shape index (κ3) is 2.35. The number of hydroxylamine groups is 1. The molecule has 4 heterocycles. The number of rotatable bonds is 3. The second-order valence-electron chi connectivity index (χ2n) is 6.60. The maximum absolute atomic E-state index is 5.58. The number of aryl methyl sites for hydroxylation is 4. The van der Waals surface area contributed by atoms with Crippen molar-refractivity contribution in [3.05, 3.63) is 64.7 Å². The maximum atomic E-state index is 5.58. The minimum atomic E-state index is 0.271. The van der Waals surface area contributed by atoms with Crippen molar-refractivity contribution in [2.45, 2.75) is 33.1 Å². The van der Waals surface area contributed by atoms with Gasteiger partial charge in [0.1, 0.15) is 0 Å². The van der Waals surface area contributed by atoms with Crippen molar-refractivity contribution in [3.8, 4) is 0 Å². The molecule has 0 amide bonds. The normalized spacial score (nSPS) is 15.6. The van der Waals surface area contributed by atoms with E-state index in [0.29, 0.717) is 0 Å². The smallest absolute Gasteiger partial charge is 0.217 e. The van der Waals surface area contributed by atoms with Crippen LogP contribution in [0.1, 0.15) is 28.3 Å². The van der Waals surface area contributed by atoms with Crippen molar-refractivity contribution in [2.24, 2.45) is 0 Å². The fraction of sp³-hybridized carbons (Fsp3) is 0.316. The number of allylic oxidation sites excluding steroid dienone is 1. The molecule has 0 bridgehead atoms. The van der Waals surface area contributed by atoms with Crippen LogP contribution in [0, 0.1) is 13.8 Å². The lowest BCUT2D eigenvalue weighted by Crippen LogP contribution is -2.21. The van der Waals surface area contributed by atoms with E-state index in [9.17, 15) is 0 Å². The van der Waals surface area contributed by atoms with Crippen LogP contribution >= 0.6 is 0 Å². The van der Waals surface area contributed by atoms with Crippen LogP contribution in [-0.4, -0.2) is 26.4 Å². The van der Waals surface area contributed by atoms with Crippen molar-refractivity contribution in [1.82, 2.24) is 19.6 Å². The Hall–Kier alpha value is -2.93. The Morgan fingerprint density at radius 1 is 1.19 bits per heavy atom. The number of ether oxygens (including phenoxy) is 1. The molecule has 0 aliphatic carbocycles. The molecule has 0 spiro atoms. The topological polar surface area (TPSA) is 64.8 Å². The minimum absolute atomic E-state index is 0.271. The number of aromatic nitrogens is 4. The average molecular weight is 349 g/mol. The Morgan fingerprint density at radius 2 is 2.12 bits per heavy atom. The number of anilines is 1. The van der Waals surface area contributed by atoms with Gasteiger partial charge in [-0.2, -0.15) is 10.2 Å². The van der Waals surface area contributed by atoms with Crippen LogP contribution < -0.4 is 5.06 Å². The first-order chi connectivity index (χ1) is 12.7. The molecule has 26 heavy (non-hydrogen) atoms. The van der Waals surface area contributed by atoms with E-state index in [0.717, 1.165) is 53.7 Å². The molecule has 0 radical (unpaired) electrons. The summed E-state index contributed by atoms with van der Waals surface area (Å²) in [5.41, 5.74) is 6.36. The highest BCUT2D eigenvalue weighted by molar-refractivity contribution is 5.61. The van der Waals surface area contributed by atoms with Crippen LogP contribution in [0.4, 0.5) is 5.69 Å². The van der Waals surface area contributed by atoms with E-state index in [1.807, 2.05) is 24.6 Å². The third-order valence-electron chi connectivity index (χ3n) is 4.91. The summed E-state index contributed by atoms with van der Waals surface area (Å²) in [5, 5.41) is 6.43. The summed E-state index contributed by atoms with van der Waals surface area (Å²) in [6.45, 7) is 4.23. The summed E-state index contributed by atoms with van der Waals surface area (Å²) in [7, 11) is 0. The molecule has 0 unspecified atom stereocenters. The Morgan fingerprint density at radius 3 is 3.00 bits per heavy atom. The highest BCUT2D eigenvalue weighted by atomic mass is 16.8. The quantitative estimate of drug-likeness (QED) is 0.724. The molecule has 1 saturated heterocycles. The van der Waals surface area contributed by atoms with Gasteiger partial charge in [0.05, 0.1) is 17.1 Å². The Kier molecular flexibility index (Phi) is 3.43. The lowest BCUT2D eigenvalue weighted by atomic mass is 9.96. The zero-order chi connectivity index (χ0) is 17.7. The largest absolute Gasteiger partial charge is 0.448 e. The first-order valence-corrected chi connectivity index (χ1v) is 8.75. The van der Waals surface area contributed by atoms with Gasteiger partial charge in [-0.25, -0.2) is 14.3 Å². The zero-order valence-electron chi connectivity index (χ0n) is 14.8. The number of hydrogen-bond acceptors (Lipinski definition) is 6. The molecule has 0 N–H and O–H groups in total. The van der Waals surface area contributed by atoms with Gasteiger partial charge in [0.2, 0.25) is 12.7 Å². The van der Waals surface area contributed by atoms with Gasteiger partial charge in [0.25, 0.3) is 0 Å². The molecule has 7 nitrogen and oxygen atoms in total. The van der Waals surface area contributed by atoms with E-state index in [1.54, 1.807) is 5.06 Å². The summed E-state index contributed by atoms with van der Waals surface area (Å²) >= 11 is 0. The molecular weight excluding hydrogens is 330 g/mol. The van der Waals surface area contributed by atoms with Crippen LogP contribution in [0.3, 0.4) is 0 Å². The average Bonchev–Trinajstić information content (AvgIpc) is 3.30. The van der Waals surface area contributed by atoms with E-state index >= 15 is 0 Å². The van der Waals surface area contributed by atoms with E-state index in [-0.39, 0.29) is 6.79 Å². The highest BCUT2D eigenvalue weighted by Gasteiger charge is 2.28. The van der Waals surface area contributed by atoms with Crippen LogP contribution in [0.2, 0.25) is 0 Å². The van der Waals surface area contributed by atoms with Gasteiger partial charge in [-0.15, -0.1) is 0 Å². The molecule has 132 valence electrons. The lowest BCUT2D eigenvalue weighted by molar-refractivity contribution is 0.0698. The predicted molar refractivity (Wildman–Crippen MR) is 95.4 cm³/mol. The number of fused-ring (bicyclic) bond motifs is 4. The highest BCUT2D eigenvalue weighted by Crippen LogP contribution is 2.35. The number of nitrogens with zero attached hydrogens (tertiary/aromatic N) is 5. The van der Waals surface area contributed by atoms with Crippen molar-refractivity contribution in [1.29, 1.82) is 0 Å². The Labute approximate surface area is 150 Å². The summed E-state index contributed by atoms with van der Waals surface area (Å²) in [6, 6.07) is 6.30. The van der Waals surface area contributed by atoms with Gasteiger partial charge < -0.3 is 4.74 Å². The van der Waals surface area contributed by atoms with E-state index in [4.69, 9.17) is 9.57 Å². The van der Waals surface area contributed by atoms with Crippen molar-refractivity contribution < 1.29 is 9.57 Å². The molecule has 0 saturated carbocycles. The Balaban J connectivity index is 1.43. The summed E-state index contributed by atoms with van der Waals surface area (Å²) in [6.07, 6.45) is 6.41. The first kappa shape index (κ1) is 15.3. The van der Waals surface area contributed by atoms with E-state index in [2.05, 4.69) is 39.3 Å². The third-order valence-corrected chi connectivity index (χ3v) is 4.91. The first-order valence-electron chi connectivity index (χ1n) is 8.75. The van der Waals surface area contributed by atoms with Gasteiger partial charge >= 0.3 is 0 Å². The second-order valence-corrected chi connectivity index (χ2v) is 6.60. The van der Waals surface area contributed by atoms with Gasteiger partial charge in [-0.3, -0.25) is 4.98 Å². The SMILES string of the molecule is Cc1ncc(C)n2nc(CCc3cccc4c3CC=C3OCON34)nc12. The summed E-state index contributed by atoms with van der Waals surface area (Å²) in [5.74, 6) is 1.63. The van der Waals surface area contributed by atoms with Crippen LogP contribution in [-0.2, 0) is 28.8 Å². The monoisotopic (exact) mass is 349 g/mol. The van der Waals surface area contributed by atoms with Gasteiger partial charge in [-0.1, -0.05) is 12.1 Å². The summed E-state index contributed by atoms with van der Waals surface area (Å²) in [4.78, 5) is 14.6. The zero-order valence-corrected chi connectivity index (χ0v) is 14.8. The van der Waals surface area contributed by atoms with Crippen LogP contribution in [0.15, 0.2) is 36.4 Å². The molecule has 1 aromatic carbocycles. The fourth-order valence-corrected chi connectivity index (χ4v) is 3.55. The fourth-order valence-electron chi connectivity index (χ4n) is 3.55. The van der Waals surface area contributed by atoms with Gasteiger partial charge in [0.15, 0.2) is 11.5 Å². The summed E-state index contributed by atoms with van der Waals surface area (Å²) < 4.78 is 7.35. The van der Waals surface area contributed by atoms with E-state index < -0.39 is 0 Å². The molecule has 2 aliphatic heterocycles.